The van der Waals surface area contributed by atoms with Crippen LogP contribution in [0.3, 0.4) is 0 Å². The van der Waals surface area contributed by atoms with Crippen LogP contribution in [0.25, 0.3) is 5.69 Å². The molecule has 0 aliphatic carbocycles. The summed E-state index contributed by atoms with van der Waals surface area (Å²) in [6, 6.07) is 7.10. The van der Waals surface area contributed by atoms with Gasteiger partial charge < -0.3 is 11.1 Å². The minimum absolute atomic E-state index is 0. The van der Waals surface area contributed by atoms with E-state index in [1.807, 2.05) is 6.26 Å². The molecular weight excluding hydrogens is 389 g/mol. The Morgan fingerprint density at radius 3 is 2.50 bits per heavy atom. The topological polar surface area (TPSA) is 72.9 Å². The van der Waals surface area contributed by atoms with Gasteiger partial charge in [-0.3, -0.25) is 4.79 Å². The predicted molar refractivity (Wildman–Crippen MR) is 98.6 cm³/mol. The summed E-state index contributed by atoms with van der Waals surface area (Å²) in [5, 5.41) is 6.26. The Morgan fingerprint density at radius 2 is 1.96 bits per heavy atom. The molecule has 26 heavy (non-hydrogen) atoms. The molecule has 1 aromatic carbocycles. The number of hydrogen-bond donors (Lipinski definition) is 2. The van der Waals surface area contributed by atoms with Crippen molar-refractivity contribution in [1.29, 1.82) is 0 Å². The third-order valence-corrected chi connectivity index (χ3v) is 4.16. The van der Waals surface area contributed by atoms with Crippen molar-refractivity contribution in [3.05, 3.63) is 47.8 Å². The fourth-order valence-electron chi connectivity index (χ4n) is 2.08. The predicted octanol–water partition coefficient (Wildman–Crippen LogP) is 3.01. The number of benzene rings is 1. The standard InChI is InChI=1S/C16H19F3N4OS.ClH/c1-25-9-7-13(20)15(24)21-10-11-2-4-12(5-3-11)23-8-6-14(22-23)16(17,18)19;/h2-6,8,13H,7,9-10,20H2,1H3,(H,21,24);1H/t13-;/m0./s1. The number of nitrogens with two attached hydrogens (primary N) is 1. The Morgan fingerprint density at radius 1 is 1.31 bits per heavy atom. The molecule has 1 heterocycles. The SMILES string of the molecule is CSCC[C@H](N)C(=O)NCc1ccc(-n2ccc(C(F)(F)F)n2)cc1.Cl. The number of hydrogen-bond acceptors (Lipinski definition) is 4. The quantitative estimate of drug-likeness (QED) is 0.738. The van der Waals surface area contributed by atoms with Crippen molar-refractivity contribution >= 4 is 30.1 Å². The lowest BCUT2D eigenvalue weighted by molar-refractivity contribution is -0.141. The maximum absolute atomic E-state index is 12.6. The largest absolute Gasteiger partial charge is 0.435 e. The van der Waals surface area contributed by atoms with Crippen LogP contribution in [0.1, 0.15) is 17.7 Å². The van der Waals surface area contributed by atoms with Crippen LogP contribution in [0.2, 0.25) is 0 Å². The third-order valence-electron chi connectivity index (χ3n) is 3.52. The second kappa shape index (κ2) is 9.84. The molecule has 2 rings (SSSR count). The van der Waals surface area contributed by atoms with Gasteiger partial charge >= 0.3 is 6.18 Å². The summed E-state index contributed by atoms with van der Waals surface area (Å²) in [4.78, 5) is 11.8. The van der Waals surface area contributed by atoms with Gasteiger partial charge in [0.05, 0.1) is 11.7 Å². The number of alkyl halides is 3. The van der Waals surface area contributed by atoms with E-state index in [1.54, 1.807) is 36.0 Å². The van der Waals surface area contributed by atoms with E-state index in [4.69, 9.17) is 5.73 Å². The van der Waals surface area contributed by atoms with E-state index in [1.165, 1.54) is 6.20 Å². The Labute approximate surface area is 159 Å². The number of carbonyl (C=O) groups excluding carboxylic acids is 1. The minimum Gasteiger partial charge on any atom is -0.351 e. The molecule has 3 N–H and O–H groups in total. The Hall–Kier alpha value is -1.71. The molecule has 5 nitrogen and oxygen atoms in total. The van der Waals surface area contributed by atoms with Crippen molar-refractivity contribution in [2.75, 3.05) is 12.0 Å². The van der Waals surface area contributed by atoms with Gasteiger partial charge in [-0.1, -0.05) is 12.1 Å². The first-order valence-electron chi connectivity index (χ1n) is 7.55. The number of nitrogens with zero attached hydrogens (tertiary/aromatic N) is 2. The lowest BCUT2D eigenvalue weighted by Crippen LogP contribution is -2.40. The van der Waals surface area contributed by atoms with Gasteiger partial charge in [0, 0.05) is 12.7 Å². The van der Waals surface area contributed by atoms with Crippen LogP contribution in [0.15, 0.2) is 36.5 Å². The highest BCUT2D eigenvalue weighted by Gasteiger charge is 2.33. The molecule has 0 radical (unpaired) electrons. The van der Waals surface area contributed by atoms with Gasteiger partial charge in [-0.25, -0.2) is 4.68 Å². The summed E-state index contributed by atoms with van der Waals surface area (Å²) < 4.78 is 38.9. The maximum Gasteiger partial charge on any atom is 0.435 e. The number of rotatable bonds is 7. The van der Waals surface area contributed by atoms with Crippen LogP contribution < -0.4 is 11.1 Å². The van der Waals surface area contributed by atoms with Gasteiger partial charge in [0.15, 0.2) is 5.69 Å². The fourth-order valence-corrected chi connectivity index (χ4v) is 2.57. The van der Waals surface area contributed by atoms with Crippen molar-refractivity contribution in [3.63, 3.8) is 0 Å². The number of thioether (sulfide) groups is 1. The van der Waals surface area contributed by atoms with Crippen LogP contribution in [0, 0.1) is 0 Å². The normalized spacial score (nSPS) is 12.3. The van der Waals surface area contributed by atoms with Crippen LogP contribution in [0.5, 0.6) is 0 Å². The van der Waals surface area contributed by atoms with Gasteiger partial charge in [-0.2, -0.15) is 30.0 Å². The fraction of sp³-hybridized carbons (Fsp3) is 0.375. The summed E-state index contributed by atoms with van der Waals surface area (Å²) in [6.07, 6.45) is -0.662. The summed E-state index contributed by atoms with van der Waals surface area (Å²) in [6.45, 7) is 0.305. The highest BCUT2D eigenvalue weighted by atomic mass is 35.5. The Balaban J connectivity index is 0.00000338. The van der Waals surface area contributed by atoms with Crippen LogP contribution in [-0.2, 0) is 17.5 Å². The van der Waals surface area contributed by atoms with Crippen molar-refractivity contribution in [3.8, 4) is 5.69 Å². The Kier molecular flexibility index (Phi) is 8.45. The van der Waals surface area contributed by atoms with E-state index in [-0.39, 0.29) is 18.3 Å². The zero-order valence-corrected chi connectivity index (χ0v) is 15.6. The van der Waals surface area contributed by atoms with E-state index in [2.05, 4.69) is 10.4 Å². The number of carbonyl (C=O) groups is 1. The van der Waals surface area contributed by atoms with Crippen molar-refractivity contribution in [1.82, 2.24) is 15.1 Å². The molecule has 1 atom stereocenters. The van der Waals surface area contributed by atoms with Crippen LogP contribution >= 0.6 is 24.2 Å². The second-order valence-electron chi connectivity index (χ2n) is 5.42. The molecule has 0 aliphatic rings. The lowest BCUT2D eigenvalue weighted by atomic mass is 10.2. The summed E-state index contributed by atoms with van der Waals surface area (Å²) in [7, 11) is 0. The number of nitrogens with one attached hydrogen (secondary N) is 1. The first kappa shape index (κ1) is 22.3. The summed E-state index contributed by atoms with van der Waals surface area (Å²) in [5.41, 5.74) is 6.15. The van der Waals surface area contributed by atoms with Crippen molar-refractivity contribution < 1.29 is 18.0 Å². The summed E-state index contributed by atoms with van der Waals surface area (Å²) in [5.74, 6) is 0.590. The summed E-state index contributed by atoms with van der Waals surface area (Å²) >= 11 is 1.63. The zero-order valence-electron chi connectivity index (χ0n) is 14.0. The molecule has 0 saturated carbocycles. The van der Waals surface area contributed by atoms with E-state index in [9.17, 15) is 18.0 Å². The number of aromatic nitrogens is 2. The minimum atomic E-state index is -4.47. The molecule has 0 spiro atoms. The molecule has 144 valence electrons. The number of halogens is 4. The van der Waals surface area contributed by atoms with Crippen molar-refractivity contribution in [2.24, 2.45) is 5.73 Å². The zero-order chi connectivity index (χ0) is 18.4. The first-order chi connectivity index (χ1) is 11.8. The van der Waals surface area contributed by atoms with Crippen LogP contribution in [-0.4, -0.2) is 33.7 Å². The van der Waals surface area contributed by atoms with Crippen LogP contribution in [0.4, 0.5) is 13.2 Å². The Bertz CT molecular complexity index is 706. The van der Waals surface area contributed by atoms with Gasteiger partial charge in [0.25, 0.3) is 0 Å². The van der Waals surface area contributed by atoms with Gasteiger partial charge in [0.2, 0.25) is 5.91 Å². The molecule has 1 amide bonds. The number of amides is 1. The second-order valence-corrected chi connectivity index (χ2v) is 6.40. The van der Waals surface area contributed by atoms with E-state index in [0.29, 0.717) is 18.7 Å². The smallest absolute Gasteiger partial charge is 0.351 e. The average molecular weight is 409 g/mol. The monoisotopic (exact) mass is 408 g/mol. The average Bonchev–Trinajstić information content (AvgIpc) is 3.08. The van der Waals surface area contributed by atoms with Gasteiger partial charge in [-0.05, 0) is 42.2 Å². The first-order valence-corrected chi connectivity index (χ1v) is 8.95. The van der Waals surface area contributed by atoms with E-state index < -0.39 is 17.9 Å². The maximum atomic E-state index is 12.6. The molecule has 10 heteroatoms. The van der Waals surface area contributed by atoms with Gasteiger partial charge in [-0.15, -0.1) is 12.4 Å². The molecule has 0 saturated heterocycles. The molecule has 0 aliphatic heterocycles. The van der Waals surface area contributed by atoms with E-state index >= 15 is 0 Å². The molecule has 2 aromatic rings. The molecule has 0 fully saturated rings. The highest BCUT2D eigenvalue weighted by molar-refractivity contribution is 7.98. The highest BCUT2D eigenvalue weighted by Crippen LogP contribution is 2.27. The van der Waals surface area contributed by atoms with Gasteiger partial charge in [0.1, 0.15) is 0 Å². The molecule has 0 bridgehead atoms. The third kappa shape index (κ3) is 6.22. The lowest BCUT2D eigenvalue weighted by Gasteiger charge is -2.12. The molecule has 0 unspecified atom stereocenters. The molecule has 1 aromatic heterocycles. The van der Waals surface area contributed by atoms with E-state index in [0.717, 1.165) is 22.1 Å². The molecular formula is C16H20ClF3N4OS. The van der Waals surface area contributed by atoms with Crippen molar-refractivity contribution in [2.45, 2.75) is 25.2 Å².